The third kappa shape index (κ3) is 4.00. The predicted molar refractivity (Wildman–Crippen MR) is 112 cm³/mol. The molecule has 9 nitrogen and oxygen atoms in total. The standard InChI is InChI=1S/C18H19N5O4S2/c1-12(21-22-18(19)20)16-11-23(17-6-4-3-5-15(16)17)29(26,27)14-9-7-13(8-10-14)28(2,24)25/h3-11H,1-2H3,(H4,19,20,22)/b21-12-. The van der Waals surface area contributed by atoms with Gasteiger partial charge in [-0.15, -0.1) is 5.10 Å². The summed E-state index contributed by atoms with van der Waals surface area (Å²) in [6, 6.07) is 12.0. The van der Waals surface area contributed by atoms with E-state index in [9.17, 15) is 16.8 Å². The number of hydrogen-bond acceptors (Lipinski definition) is 6. The van der Waals surface area contributed by atoms with E-state index in [0.717, 1.165) is 10.2 Å². The molecule has 0 amide bonds. The number of hydrogen-bond donors (Lipinski definition) is 2. The van der Waals surface area contributed by atoms with E-state index < -0.39 is 19.9 Å². The largest absolute Gasteiger partial charge is 0.369 e. The Balaban J connectivity index is 2.19. The van der Waals surface area contributed by atoms with Gasteiger partial charge >= 0.3 is 0 Å². The molecule has 0 bridgehead atoms. The van der Waals surface area contributed by atoms with Gasteiger partial charge in [0.1, 0.15) is 0 Å². The smallest absolute Gasteiger partial charge is 0.268 e. The van der Waals surface area contributed by atoms with Crippen LogP contribution in [-0.2, 0) is 19.9 Å². The fourth-order valence-corrected chi connectivity index (χ4v) is 4.80. The van der Waals surface area contributed by atoms with Gasteiger partial charge < -0.3 is 11.5 Å². The highest BCUT2D eigenvalue weighted by molar-refractivity contribution is 7.91. The van der Waals surface area contributed by atoms with E-state index in [-0.39, 0.29) is 15.8 Å². The van der Waals surface area contributed by atoms with Crippen molar-refractivity contribution in [1.82, 2.24) is 3.97 Å². The van der Waals surface area contributed by atoms with Crippen LogP contribution in [-0.4, -0.2) is 38.7 Å². The van der Waals surface area contributed by atoms with E-state index in [4.69, 9.17) is 11.5 Å². The lowest BCUT2D eigenvalue weighted by Crippen LogP contribution is -2.22. The molecule has 3 aromatic rings. The first-order valence-electron chi connectivity index (χ1n) is 8.31. The molecule has 1 heterocycles. The van der Waals surface area contributed by atoms with Crippen molar-refractivity contribution >= 4 is 42.4 Å². The van der Waals surface area contributed by atoms with E-state index in [1.807, 2.05) is 0 Å². The first-order chi connectivity index (χ1) is 13.5. The Hall–Kier alpha value is -3.18. The molecule has 0 unspecified atom stereocenters. The van der Waals surface area contributed by atoms with Crippen LogP contribution >= 0.6 is 0 Å². The molecule has 0 fully saturated rings. The first-order valence-corrected chi connectivity index (χ1v) is 11.6. The minimum absolute atomic E-state index is 0.0368. The molecule has 0 aliphatic heterocycles. The molecule has 0 aliphatic rings. The summed E-state index contributed by atoms with van der Waals surface area (Å²) in [7, 11) is -7.43. The van der Waals surface area contributed by atoms with Crippen molar-refractivity contribution in [2.75, 3.05) is 6.26 Å². The summed E-state index contributed by atoms with van der Waals surface area (Å²) >= 11 is 0. The topological polar surface area (TPSA) is 150 Å². The number of nitrogens with two attached hydrogens (primary N) is 2. The predicted octanol–water partition coefficient (Wildman–Crippen LogP) is 1.28. The fourth-order valence-electron chi connectivity index (χ4n) is 2.80. The Morgan fingerprint density at radius 1 is 0.897 bits per heavy atom. The van der Waals surface area contributed by atoms with Gasteiger partial charge in [-0.05, 0) is 37.3 Å². The minimum atomic E-state index is -3.99. The highest BCUT2D eigenvalue weighted by Gasteiger charge is 2.22. The SMILES string of the molecule is C/C(=N/N=C(N)N)c1cn(S(=O)(=O)c2ccc(S(C)(=O)=O)cc2)c2ccccc12. The fraction of sp³-hybridized carbons (Fsp3) is 0.111. The van der Waals surface area contributed by atoms with E-state index in [1.165, 1.54) is 30.5 Å². The molecular formula is C18H19N5O4S2. The summed E-state index contributed by atoms with van der Waals surface area (Å²) in [5, 5.41) is 8.19. The third-order valence-electron chi connectivity index (χ3n) is 4.19. The van der Waals surface area contributed by atoms with Gasteiger partial charge in [0.25, 0.3) is 10.0 Å². The Bertz CT molecular complexity index is 1350. The lowest BCUT2D eigenvalue weighted by Gasteiger charge is -2.08. The van der Waals surface area contributed by atoms with Crippen LogP contribution in [0.1, 0.15) is 12.5 Å². The second-order valence-electron chi connectivity index (χ2n) is 6.31. The summed E-state index contributed by atoms with van der Waals surface area (Å²) in [6.07, 6.45) is 2.49. The van der Waals surface area contributed by atoms with E-state index in [0.29, 0.717) is 22.2 Å². The quantitative estimate of drug-likeness (QED) is 0.351. The Morgan fingerprint density at radius 3 is 2.07 bits per heavy atom. The van der Waals surface area contributed by atoms with Gasteiger partial charge in [-0.2, -0.15) is 5.10 Å². The van der Waals surface area contributed by atoms with Crippen molar-refractivity contribution in [3.05, 3.63) is 60.3 Å². The molecule has 0 spiro atoms. The zero-order valence-corrected chi connectivity index (χ0v) is 17.3. The van der Waals surface area contributed by atoms with E-state index >= 15 is 0 Å². The molecule has 0 aliphatic carbocycles. The third-order valence-corrected chi connectivity index (χ3v) is 7.01. The average Bonchev–Trinajstić information content (AvgIpc) is 3.06. The Morgan fingerprint density at radius 2 is 1.48 bits per heavy atom. The highest BCUT2D eigenvalue weighted by Crippen LogP contribution is 2.27. The molecule has 3 rings (SSSR count). The molecular weight excluding hydrogens is 414 g/mol. The van der Waals surface area contributed by atoms with Crippen LogP contribution in [0.3, 0.4) is 0 Å². The van der Waals surface area contributed by atoms with Crippen molar-refractivity contribution in [2.45, 2.75) is 16.7 Å². The number of fused-ring (bicyclic) bond motifs is 1. The molecule has 11 heteroatoms. The van der Waals surface area contributed by atoms with Crippen molar-refractivity contribution in [2.24, 2.45) is 21.7 Å². The van der Waals surface area contributed by atoms with Crippen LogP contribution in [0.25, 0.3) is 10.9 Å². The summed E-state index contributed by atoms with van der Waals surface area (Å²) in [4.78, 5) is -0.00858. The average molecular weight is 434 g/mol. The Kier molecular flexibility index (Phi) is 5.20. The number of benzene rings is 2. The van der Waals surface area contributed by atoms with Crippen molar-refractivity contribution < 1.29 is 16.8 Å². The second kappa shape index (κ2) is 7.33. The second-order valence-corrected chi connectivity index (χ2v) is 10.1. The summed E-state index contributed by atoms with van der Waals surface area (Å²) in [5.41, 5.74) is 12.0. The molecule has 0 saturated heterocycles. The number of guanidine groups is 1. The van der Waals surface area contributed by atoms with Crippen LogP contribution in [0.2, 0.25) is 0 Å². The summed E-state index contributed by atoms with van der Waals surface area (Å²) in [5.74, 6) is -0.216. The molecule has 2 aromatic carbocycles. The highest BCUT2D eigenvalue weighted by atomic mass is 32.2. The van der Waals surface area contributed by atoms with Crippen LogP contribution in [0.5, 0.6) is 0 Å². The number of rotatable bonds is 5. The Labute approximate surface area is 168 Å². The van der Waals surface area contributed by atoms with Crippen molar-refractivity contribution in [3.63, 3.8) is 0 Å². The number of sulfone groups is 1. The van der Waals surface area contributed by atoms with Gasteiger partial charge in [0.15, 0.2) is 9.84 Å². The van der Waals surface area contributed by atoms with Crippen LogP contribution in [0.15, 0.2) is 74.7 Å². The minimum Gasteiger partial charge on any atom is -0.369 e. The van der Waals surface area contributed by atoms with Gasteiger partial charge in [0, 0.05) is 23.4 Å². The van der Waals surface area contributed by atoms with Crippen LogP contribution < -0.4 is 11.5 Å². The van der Waals surface area contributed by atoms with Gasteiger partial charge in [0.2, 0.25) is 5.96 Å². The van der Waals surface area contributed by atoms with Gasteiger partial charge in [-0.25, -0.2) is 20.8 Å². The molecule has 0 atom stereocenters. The summed E-state index contributed by atoms with van der Waals surface area (Å²) in [6.45, 7) is 1.66. The van der Waals surface area contributed by atoms with Crippen molar-refractivity contribution in [3.8, 4) is 0 Å². The lowest BCUT2D eigenvalue weighted by atomic mass is 10.1. The normalized spacial score (nSPS) is 12.8. The number of nitrogens with zero attached hydrogens (tertiary/aromatic N) is 3. The van der Waals surface area contributed by atoms with E-state index in [2.05, 4.69) is 10.2 Å². The molecule has 0 radical (unpaired) electrons. The molecule has 152 valence electrons. The number of aromatic nitrogens is 1. The number of para-hydroxylation sites is 1. The maximum atomic E-state index is 13.2. The first kappa shape index (κ1) is 20.6. The zero-order chi connectivity index (χ0) is 21.4. The maximum Gasteiger partial charge on any atom is 0.268 e. The van der Waals surface area contributed by atoms with Gasteiger partial charge in [-0.1, -0.05) is 18.2 Å². The zero-order valence-electron chi connectivity index (χ0n) is 15.6. The van der Waals surface area contributed by atoms with Crippen molar-refractivity contribution in [1.29, 1.82) is 0 Å². The van der Waals surface area contributed by atoms with E-state index in [1.54, 1.807) is 31.2 Å². The van der Waals surface area contributed by atoms with Crippen LogP contribution in [0.4, 0.5) is 0 Å². The maximum absolute atomic E-state index is 13.2. The van der Waals surface area contributed by atoms with Gasteiger partial charge in [0.05, 0.1) is 21.0 Å². The lowest BCUT2D eigenvalue weighted by molar-refractivity contribution is 0.588. The summed E-state index contributed by atoms with van der Waals surface area (Å²) < 4.78 is 50.8. The molecule has 1 aromatic heterocycles. The van der Waals surface area contributed by atoms with Crippen LogP contribution in [0, 0.1) is 0 Å². The molecule has 0 saturated carbocycles. The molecule has 29 heavy (non-hydrogen) atoms. The monoisotopic (exact) mass is 433 g/mol. The van der Waals surface area contributed by atoms with Gasteiger partial charge in [-0.3, -0.25) is 0 Å². The molecule has 4 N–H and O–H groups in total.